The van der Waals surface area contributed by atoms with Crippen LogP contribution in [0.1, 0.15) is 48.9 Å². The largest absolute Gasteiger partial charge is 0.396 e. The lowest BCUT2D eigenvalue weighted by Gasteiger charge is -2.30. The van der Waals surface area contributed by atoms with Gasteiger partial charge in [0.05, 0.1) is 17.3 Å². The molecular formula is C17H23N3O2. The Morgan fingerprint density at radius 1 is 1.36 bits per heavy atom. The van der Waals surface area contributed by atoms with Crippen molar-refractivity contribution in [2.24, 2.45) is 5.92 Å². The van der Waals surface area contributed by atoms with Crippen LogP contribution in [0.3, 0.4) is 0 Å². The third-order valence-corrected chi connectivity index (χ3v) is 4.70. The quantitative estimate of drug-likeness (QED) is 0.794. The highest BCUT2D eigenvalue weighted by Gasteiger charge is 2.25. The summed E-state index contributed by atoms with van der Waals surface area (Å²) in [4.78, 5) is 12.6. The molecule has 5 nitrogen and oxygen atoms in total. The molecule has 1 amide bonds. The molecule has 1 heterocycles. The van der Waals surface area contributed by atoms with E-state index in [1.165, 1.54) is 19.3 Å². The zero-order chi connectivity index (χ0) is 15.4. The first-order valence-corrected chi connectivity index (χ1v) is 8.13. The van der Waals surface area contributed by atoms with Crippen LogP contribution in [0.5, 0.6) is 0 Å². The van der Waals surface area contributed by atoms with Crippen molar-refractivity contribution in [1.82, 2.24) is 15.5 Å². The highest BCUT2D eigenvalue weighted by Crippen LogP contribution is 2.28. The standard InChI is InChI=1S/C17H23N3O2/c21-10-9-15(12-5-2-1-3-6-12)19-17(22)14-8-4-7-13-11-18-20-16(13)14/h4,7-8,11-12,15,21H,1-3,5-6,9-10H2,(H,18,20)(H,19,22). The van der Waals surface area contributed by atoms with Crippen molar-refractivity contribution >= 4 is 16.8 Å². The van der Waals surface area contributed by atoms with Gasteiger partial charge in [-0.2, -0.15) is 5.10 Å². The highest BCUT2D eigenvalue weighted by molar-refractivity contribution is 6.05. The van der Waals surface area contributed by atoms with Crippen LogP contribution in [0, 0.1) is 5.92 Å². The second-order valence-corrected chi connectivity index (χ2v) is 6.13. The summed E-state index contributed by atoms with van der Waals surface area (Å²) in [6.45, 7) is 0.107. The van der Waals surface area contributed by atoms with Gasteiger partial charge in [0.15, 0.2) is 0 Å². The minimum absolute atomic E-state index is 0.0518. The third kappa shape index (κ3) is 3.14. The number of H-pyrrole nitrogens is 1. The van der Waals surface area contributed by atoms with Gasteiger partial charge in [0.1, 0.15) is 0 Å². The number of nitrogens with one attached hydrogen (secondary N) is 2. The molecular weight excluding hydrogens is 278 g/mol. The number of aliphatic hydroxyl groups excluding tert-OH is 1. The molecule has 1 aromatic heterocycles. The van der Waals surface area contributed by atoms with Crippen molar-refractivity contribution in [3.63, 3.8) is 0 Å². The summed E-state index contributed by atoms with van der Waals surface area (Å²) in [6, 6.07) is 5.67. The van der Waals surface area contributed by atoms with Crippen molar-refractivity contribution in [1.29, 1.82) is 0 Å². The van der Waals surface area contributed by atoms with Crippen LogP contribution in [-0.2, 0) is 0 Å². The van der Waals surface area contributed by atoms with E-state index in [1.807, 2.05) is 18.2 Å². The first kappa shape index (κ1) is 15.0. The number of aromatic amines is 1. The predicted octanol–water partition coefficient (Wildman–Crippen LogP) is 2.62. The summed E-state index contributed by atoms with van der Waals surface area (Å²) in [5.41, 5.74) is 1.39. The molecule has 22 heavy (non-hydrogen) atoms. The van der Waals surface area contributed by atoms with E-state index in [-0.39, 0.29) is 18.6 Å². The Morgan fingerprint density at radius 2 is 2.18 bits per heavy atom. The van der Waals surface area contributed by atoms with Crippen LogP contribution in [0.2, 0.25) is 0 Å². The Bertz CT molecular complexity index is 632. The van der Waals surface area contributed by atoms with Crippen LogP contribution < -0.4 is 5.32 Å². The number of aliphatic hydroxyl groups is 1. The lowest BCUT2D eigenvalue weighted by Crippen LogP contribution is -2.41. The smallest absolute Gasteiger partial charge is 0.253 e. The Morgan fingerprint density at radius 3 is 2.95 bits per heavy atom. The Balaban J connectivity index is 1.76. The van der Waals surface area contributed by atoms with Gasteiger partial charge in [-0.05, 0) is 31.2 Å². The summed E-state index contributed by atoms with van der Waals surface area (Å²) < 4.78 is 0. The number of carbonyl (C=O) groups excluding carboxylic acids is 1. The molecule has 1 atom stereocenters. The molecule has 0 radical (unpaired) electrons. The minimum atomic E-state index is -0.0844. The van der Waals surface area contributed by atoms with E-state index in [2.05, 4.69) is 15.5 Å². The zero-order valence-corrected chi connectivity index (χ0v) is 12.7. The number of nitrogens with zero attached hydrogens (tertiary/aromatic N) is 1. The normalized spacial score (nSPS) is 17.5. The van der Waals surface area contributed by atoms with E-state index < -0.39 is 0 Å². The van der Waals surface area contributed by atoms with Gasteiger partial charge in [-0.25, -0.2) is 0 Å². The van der Waals surface area contributed by atoms with Gasteiger partial charge in [-0.15, -0.1) is 0 Å². The first-order chi connectivity index (χ1) is 10.8. The van der Waals surface area contributed by atoms with Crippen molar-refractivity contribution in [2.75, 3.05) is 6.61 Å². The molecule has 0 bridgehead atoms. The summed E-state index contributed by atoms with van der Waals surface area (Å²) in [5, 5.41) is 20.3. The number of fused-ring (bicyclic) bond motifs is 1. The SMILES string of the molecule is O=C(NC(CCO)C1CCCCC1)c1cccc2cn[nH]c12. The van der Waals surface area contributed by atoms with E-state index >= 15 is 0 Å². The summed E-state index contributed by atoms with van der Waals surface area (Å²) in [5.74, 6) is 0.393. The molecule has 3 N–H and O–H groups in total. The maximum Gasteiger partial charge on any atom is 0.253 e. The van der Waals surface area contributed by atoms with Gasteiger partial charge >= 0.3 is 0 Å². The number of carbonyl (C=O) groups is 1. The van der Waals surface area contributed by atoms with Crippen LogP contribution in [0.4, 0.5) is 0 Å². The second kappa shape index (κ2) is 6.92. The number of benzene rings is 1. The molecule has 0 aliphatic heterocycles. The molecule has 2 aromatic rings. The predicted molar refractivity (Wildman–Crippen MR) is 85.6 cm³/mol. The van der Waals surface area contributed by atoms with E-state index in [4.69, 9.17) is 0 Å². The Hall–Kier alpha value is -1.88. The maximum atomic E-state index is 12.6. The molecule has 1 fully saturated rings. The van der Waals surface area contributed by atoms with Gasteiger partial charge in [-0.1, -0.05) is 31.4 Å². The van der Waals surface area contributed by atoms with Gasteiger partial charge < -0.3 is 10.4 Å². The van der Waals surface area contributed by atoms with E-state index in [9.17, 15) is 9.90 Å². The van der Waals surface area contributed by atoms with Crippen molar-refractivity contribution in [3.8, 4) is 0 Å². The molecule has 3 rings (SSSR count). The molecule has 0 spiro atoms. The molecule has 1 saturated carbocycles. The lowest BCUT2D eigenvalue weighted by molar-refractivity contribution is 0.0901. The van der Waals surface area contributed by atoms with Crippen LogP contribution in [0.15, 0.2) is 24.4 Å². The fourth-order valence-corrected chi connectivity index (χ4v) is 3.51. The van der Waals surface area contributed by atoms with E-state index in [1.54, 1.807) is 6.20 Å². The third-order valence-electron chi connectivity index (χ3n) is 4.70. The number of para-hydroxylation sites is 1. The molecule has 118 valence electrons. The monoisotopic (exact) mass is 301 g/mol. The van der Waals surface area contributed by atoms with Gasteiger partial charge in [-0.3, -0.25) is 9.89 Å². The van der Waals surface area contributed by atoms with E-state index in [0.29, 0.717) is 17.9 Å². The molecule has 0 saturated heterocycles. The van der Waals surface area contributed by atoms with E-state index in [0.717, 1.165) is 23.7 Å². The summed E-state index contributed by atoms with van der Waals surface area (Å²) >= 11 is 0. The number of rotatable bonds is 5. The number of hydrogen-bond donors (Lipinski definition) is 3. The molecule has 5 heteroatoms. The number of aromatic nitrogens is 2. The molecule has 1 aromatic carbocycles. The molecule has 1 aliphatic rings. The van der Waals surface area contributed by atoms with Crippen molar-refractivity contribution < 1.29 is 9.90 Å². The summed E-state index contributed by atoms with van der Waals surface area (Å²) in [7, 11) is 0. The van der Waals surface area contributed by atoms with Crippen molar-refractivity contribution in [2.45, 2.75) is 44.6 Å². The Kier molecular flexibility index (Phi) is 4.73. The zero-order valence-electron chi connectivity index (χ0n) is 12.7. The molecule has 1 aliphatic carbocycles. The average molecular weight is 301 g/mol. The number of hydrogen-bond acceptors (Lipinski definition) is 3. The fourth-order valence-electron chi connectivity index (χ4n) is 3.51. The topological polar surface area (TPSA) is 78.0 Å². The van der Waals surface area contributed by atoms with Gasteiger partial charge in [0.25, 0.3) is 5.91 Å². The second-order valence-electron chi connectivity index (χ2n) is 6.13. The highest BCUT2D eigenvalue weighted by atomic mass is 16.3. The van der Waals surface area contributed by atoms with Gasteiger partial charge in [0.2, 0.25) is 0 Å². The fraction of sp³-hybridized carbons (Fsp3) is 0.529. The van der Waals surface area contributed by atoms with Gasteiger partial charge in [0, 0.05) is 18.0 Å². The first-order valence-electron chi connectivity index (χ1n) is 8.13. The Labute approximate surface area is 130 Å². The van der Waals surface area contributed by atoms with Crippen LogP contribution in [-0.4, -0.2) is 33.9 Å². The summed E-state index contributed by atoms with van der Waals surface area (Å²) in [6.07, 6.45) is 8.34. The minimum Gasteiger partial charge on any atom is -0.396 e. The molecule has 1 unspecified atom stereocenters. The van der Waals surface area contributed by atoms with Crippen LogP contribution >= 0.6 is 0 Å². The maximum absolute atomic E-state index is 12.6. The average Bonchev–Trinajstić information content (AvgIpc) is 3.03. The van der Waals surface area contributed by atoms with Crippen LogP contribution in [0.25, 0.3) is 10.9 Å². The lowest BCUT2D eigenvalue weighted by atomic mass is 9.82. The van der Waals surface area contributed by atoms with Crippen molar-refractivity contribution in [3.05, 3.63) is 30.0 Å². The number of amides is 1.